The Morgan fingerprint density at radius 2 is 1.96 bits per heavy atom. The van der Waals surface area contributed by atoms with E-state index in [1.54, 1.807) is 4.90 Å². The lowest BCUT2D eigenvalue weighted by atomic mass is 10.1. The van der Waals surface area contributed by atoms with Crippen LogP contribution in [0.2, 0.25) is 0 Å². The molecule has 1 aromatic carbocycles. The van der Waals surface area contributed by atoms with Gasteiger partial charge in [-0.15, -0.1) is 0 Å². The summed E-state index contributed by atoms with van der Waals surface area (Å²) in [7, 11) is -3.27. The molecule has 1 aliphatic heterocycles. The summed E-state index contributed by atoms with van der Waals surface area (Å²) in [5.74, 6) is -0.0113. The summed E-state index contributed by atoms with van der Waals surface area (Å²) in [4.78, 5) is 13.7. The van der Waals surface area contributed by atoms with Crippen LogP contribution < -0.4 is 9.62 Å². The van der Waals surface area contributed by atoms with Crippen LogP contribution in [0.3, 0.4) is 0 Å². The number of nitrogens with one attached hydrogen (secondary N) is 1. The van der Waals surface area contributed by atoms with Crippen molar-refractivity contribution < 1.29 is 17.9 Å². The average Bonchev–Trinajstić information content (AvgIpc) is 2.54. The summed E-state index contributed by atoms with van der Waals surface area (Å²) in [6, 6.07) is 7.83. The maximum Gasteiger partial charge on any atom is 0.253 e. The van der Waals surface area contributed by atoms with Crippen LogP contribution in [0.4, 0.5) is 5.69 Å². The molecule has 0 radical (unpaired) electrons. The minimum Gasteiger partial charge on any atom is -0.365 e. The van der Waals surface area contributed by atoms with Gasteiger partial charge < -0.3 is 9.64 Å². The van der Waals surface area contributed by atoms with Crippen molar-refractivity contribution >= 4 is 21.6 Å². The SMILES string of the molecule is CCCS(=O)(=O)NCC1CN(c2ccc(CC)cc2)C(=O)CO1. The third-order valence-corrected chi connectivity index (χ3v) is 5.34. The minimum absolute atomic E-state index is 0.0320. The largest absolute Gasteiger partial charge is 0.365 e. The zero-order valence-electron chi connectivity index (χ0n) is 13.6. The van der Waals surface area contributed by atoms with Crippen LogP contribution >= 0.6 is 0 Å². The lowest BCUT2D eigenvalue weighted by molar-refractivity contribution is -0.129. The van der Waals surface area contributed by atoms with E-state index >= 15 is 0 Å². The highest BCUT2D eigenvalue weighted by Crippen LogP contribution is 2.19. The second-order valence-corrected chi connectivity index (χ2v) is 7.55. The highest BCUT2D eigenvalue weighted by molar-refractivity contribution is 7.89. The number of morpholine rings is 1. The van der Waals surface area contributed by atoms with E-state index in [9.17, 15) is 13.2 Å². The summed E-state index contributed by atoms with van der Waals surface area (Å²) < 4.78 is 31.4. The number of hydrogen-bond acceptors (Lipinski definition) is 4. The van der Waals surface area contributed by atoms with Crippen LogP contribution in [0.25, 0.3) is 0 Å². The fraction of sp³-hybridized carbons (Fsp3) is 0.562. The maximum atomic E-state index is 12.1. The molecule has 0 saturated carbocycles. The molecular formula is C16H24N2O4S. The van der Waals surface area contributed by atoms with Gasteiger partial charge in [0.2, 0.25) is 10.0 Å². The van der Waals surface area contributed by atoms with Gasteiger partial charge in [-0.3, -0.25) is 4.79 Å². The van der Waals surface area contributed by atoms with Gasteiger partial charge in [0.15, 0.2) is 0 Å². The van der Waals surface area contributed by atoms with Crippen molar-refractivity contribution in [1.82, 2.24) is 4.72 Å². The molecule has 0 aromatic heterocycles. The third kappa shape index (κ3) is 5.02. The van der Waals surface area contributed by atoms with Crippen molar-refractivity contribution in [1.29, 1.82) is 0 Å². The Morgan fingerprint density at radius 1 is 1.26 bits per heavy atom. The predicted molar refractivity (Wildman–Crippen MR) is 90.0 cm³/mol. The fourth-order valence-electron chi connectivity index (χ4n) is 2.47. The van der Waals surface area contributed by atoms with Gasteiger partial charge >= 0.3 is 0 Å². The molecule has 1 aromatic rings. The molecule has 1 N–H and O–H groups in total. The molecule has 1 heterocycles. The second kappa shape index (κ2) is 7.90. The number of carbonyl (C=O) groups excluding carboxylic acids is 1. The molecular weight excluding hydrogens is 316 g/mol. The normalized spacial score (nSPS) is 19.1. The van der Waals surface area contributed by atoms with Crippen LogP contribution in [0.1, 0.15) is 25.8 Å². The summed E-state index contributed by atoms with van der Waals surface area (Å²) in [6.07, 6.45) is 1.17. The Balaban J connectivity index is 1.99. The molecule has 0 bridgehead atoms. The summed E-state index contributed by atoms with van der Waals surface area (Å²) >= 11 is 0. The number of hydrogen-bond donors (Lipinski definition) is 1. The van der Waals surface area contributed by atoms with E-state index in [1.807, 2.05) is 31.2 Å². The molecule has 1 atom stereocenters. The lowest BCUT2D eigenvalue weighted by Crippen LogP contribution is -2.50. The summed E-state index contributed by atoms with van der Waals surface area (Å²) in [5.41, 5.74) is 2.02. The Labute approximate surface area is 137 Å². The van der Waals surface area contributed by atoms with E-state index in [1.165, 1.54) is 5.56 Å². The first-order valence-electron chi connectivity index (χ1n) is 7.93. The number of benzene rings is 1. The number of anilines is 1. The number of nitrogens with zero attached hydrogens (tertiary/aromatic N) is 1. The smallest absolute Gasteiger partial charge is 0.253 e. The molecule has 2 rings (SSSR count). The van der Waals surface area contributed by atoms with Crippen molar-refractivity contribution in [3.8, 4) is 0 Å². The predicted octanol–water partition coefficient (Wildman–Crippen LogP) is 1.31. The van der Waals surface area contributed by atoms with E-state index in [0.29, 0.717) is 13.0 Å². The number of ether oxygens (including phenoxy) is 1. The first-order valence-corrected chi connectivity index (χ1v) is 9.58. The van der Waals surface area contributed by atoms with Crippen molar-refractivity contribution in [2.24, 2.45) is 0 Å². The molecule has 1 amide bonds. The van der Waals surface area contributed by atoms with Crippen molar-refractivity contribution in [2.75, 3.05) is 30.3 Å². The maximum absolute atomic E-state index is 12.1. The Bertz CT molecular complexity index is 628. The van der Waals surface area contributed by atoms with Crippen molar-refractivity contribution in [2.45, 2.75) is 32.8 Å². The van der Waals surface area contributed by atoms with Gasteiger partial charge in [-0.05, 0) is 30.5 Å². The third-order valence-electron chi connectivity index (χ3n) is 3.79. The quantitative estimate of drug-likeness (QED) is 0.812. The topological polar surface area (TPSA) is 75.7 Å². The number of rotatable bonds is 7. The molecule has 0 aliphatic carbocycles. The molecule has 6 nitrogen and oxygen atoms in total. The van der Waals surface area contributed by atoms with Crippen LogP contribution in [0.5, 0.6) is 0 Å². The summed E-state index contributed by atoms with van der Waals surface area (Å²) in [5, 5.41) is 0. The molecule has 1 aliphatic rings. The molecule has 0 spiro atoms. The zero-order valence-corrected chi connectivity index (χ0v) is 14.4. The lowest BCUT2D eigenvalue weighted by Gasteiger charge is -2.33. The van der Waals surface area contributed by atoms with Gasteiger partial charge in [-0.25, -0.2) is 13.1 Å². The van der Waals surface area contributed by atoms with Gasteiger partial charge in [0.25, 0.3) is 5.91 Å². The van der Waals surface area contributed by atoms with E-state index in [2.05, 4.69) is 11.6 Å². The first-order chi connectivity index (χ1) is 10.9. The average molecular weight is 340 g/mol. The van der Waals surface area contributed by atoms with E-state index in [4.69, 9.17) is 4.74 Å². The fourth-order valence-corrected chi connectivity index (χ4v) is 3.59. The molecule has 1 saturated heterocycles. The second-order valence-electron chi connectivity index (χ2n) is 5.62. The zero-order chi connectivity index (χ0) is 16.9. The first kappa shape index (κ1) is 17.9. The van der Waals surface area contributed by atoms with Crippen LogP contribution in [-0.4, -0.2) is 45.9 Å². The van der Waals surface area contributed by atoms with Crippen LogP contribution in [0, 0.1) is 0 Å². The molecule has 1 fully saturated rings. The standard InChI is InChI=1S/C16H24N2O4S/c1-3-9-23(20,21)17-10-15-11-18(16(19)12-22-15)14-7-5-13(4-2)6-8-14/h5-8,15,17H,3-4,9-12H2,1-2H3. The monoisotopic (exact) mass is 340 g/mol. The van der Waals surface area contributed by atoms with Crippen LogP contribution in [0.15, 0.2) is 24.3 Å². The Hall–Kier alpha value is -1.44. The Morgan fingerprint density at radius 3 is 2.57 bits per heavy atom. The van der Waals surface area contributed by atoms with Gasteiger partial charge in [0.05, 0.1) is 18.4 Å². The van der Waals surface area contributed by atoms with E-state index < -0.39 is 10.0 Å². The number of amides is 1. The van der Waals surface area contributed by atoms with Crippen molar-refractivity contribution in [3.63, 3.8) is 0 Å². The van der Waals surface area contributed by atoms with Gasteiger partial charge in [0.1, 0.15) is 6.61 Å². The number of sulfonamides is 1. The highest BCUT2D eigenvalue weighted by atomic mass is 32.2. The number of carbonyl (C=O) groups is 1. The molecule has 7 heteroatoms. The Kier molecular flexibility index (Phi) is 6.15. The number of aryl methyl sites for hydroxylation is 1. The van der Waals surface area contributed by atoms with Crippen molar-refractivity contribution in [3.05, 3.63) is 29.8 Å². The molecule has 128 valence electrons. The van der Waals surface area contributed by atoms with Gasteiger partial charge in [-0.1, -0.05) is 26.0 Å². The van der Waals surface area contributed by atoms with Gasteiger partial charge in [0, 0.05) is 12.2 Å². The minimum atomic E-state index is -3.27. The van der Waals surface area contributed by atoms with Crippen LogP contribution in [-0.2, 0) is 26.0 Å². The molecule has 23 heavy (non-hydrogen) atoms. The molecule has 1 unspecified atom stereocenters. The summed E-state index contributed by atoms with van der Waals surface area (Å²) in [6.45, 7) is 4.39. The van der Waals surface area contributed by atoms with E-state index in [0.717, 1.165) is 12.1 Å². The van der Waals surface area contributed by atoms with E-state index in [-0.39, 0.29) is 30.9 Å². The highest BCUT2D eigenvalue weighted by Gasteiger charge is 2.28. The van der Waals surface area contributed by atoms with Gasteiger partial charge in [-0.2, -0.15) is 0 Å².